The first kappa shape index (κ1) is 14.7. The maximum atomic E-state index is 13.9. The van der Waals surface area contributed by atoms with Gasteiger partial charge in [-0.25, -0.2) is 4.39 Å². The number of hydrogen-bond donors (Lipinski definition) is 1. The van der Waals surface area contributed by atoms with Crippen molar-refractivity contribution in [3.05, 3.63) is 60.0 Å². The van der Waals surface area contributed by atoms with Crippen LogP contribution in [0.25, 0.3) is 10.9 Å². The Morgan fingerprint density at radius 2 is 1.71 bits per heavy atom. The molecule has 0 unspecified atom stereocenters. The Bertz CT molecular complexity index is 883. The molecule has 24 heavy (non-hydrogen) atoms. The molecular formula is C18H17FN4O. The lowest BCUT2D eigenvalue weighted by molar-refractivity contribution is 0.0742. The van der Waals surface area contributed by atoms with Gasteiger partial charge in [-0.05, 0) is 18.2 Å². The molecule has 1 amide bonds. The van der Waals surface area contributed by atoms with Crippen LogP contribution in [0.5, 0.6) is 0 Å². The maximum absolute atomic E-state index is 13.9. The van der Waals surface area contributed by atoms with Crippen LogP contribution < -0.4 is 4.90 Å². The number of amides is 1. The summed E-state index contributed by atoms with van der Waals surface area (Å²) in [6.07, 6.45) is 0. The molecule has 5 nitrogen and oxygen atoms in total. The van der Waals surface area contributed by atoms with Gasteiger partial charge in [-0.15, -0.1) is 0 Å². The van der Waals surface area contributed by atoms with Crippen LogP contribution in [0.15, 0.2) is 48.5 Å². The summed E-state index contributed by atoms with van der Waals surface area (Å²) in [7, 11) is 0. The van der Waals surface area contributed by atoms with Crippen LogP contribution in [0.3, 0.4) is 0 Å². The number of carbonyl (C=O) groups excluding carboxylic acids is 1. The zero-order valence-electron chi connectivity index (χ0n) is 13.1. The molecule has 122 valence electrons. The predicted octanol–water partition coefficient (Wildman–Crippen LogP) is 2.66. The van der Waals surface area contributed by atoms with Crippen molar-refractivity contribution in [3.63, 3.8) is 0 Å². The first-order valence-electron chi connectivity index (χ1n) is 7.96. The molecule has 1 aliphatic rings. The molecule has 6 heteroatoms. The minimum Gasteiger partial charge on any atom is -0.366 e. The Balaban J connectivity index is 1.50. The van der Waals surface area contributed by atoms with Gasteiger partial charge in [0.05, 0.1) is 11.2 Å². The number of halogens is 1. The van der Waals surface area contributed by atoms with Crippen LogP contribution in [-0.2, 0) is 0 Å². The highest BCUT2D eigenvalue weighted by molar-refractivity contribution is 6.04. The molecule has 1 aliphatic heterocycles. The molecule has 2 aromatic carbocycles. The molecule has 1 aromatic heterocycles. The lowest BCUT2D eigenvalue weighted by Crippen LogP contribution is -2.49. The van der Waals surface area contributed by atoms with E-state index < -0.39 is 0 Å². The molecule has 0 atom stereocenters. The van der Waals surface area contributed by atoms with Gasteiger partial charge in [-0.3, -0.25) is 9.89 Å². The predicted molar refractivity (Wildman–Crippen MR) is 90.6 cm³/mol. The number of carbonyl (C=O) groups is 1. The number of anilines is 1. The van der Waals surface area contributed by atoms with Crippen LogP contribution in [-0.4, -0.2) is 47.2 Å². The summed E-state index contributed by atoms with van der Waals surface area (Å²) in [6, 6.07) is 14.3. The maximum Gasteiger partial charge on any atom is 0.275 e. The average molecular weight is 324 g/mol. The quantitative estimate of drug-likeness (QED) is 0.788. The normalized spacial score (nSPS) is 15.0. The standard InChI is InChI=1S/C18H17FN4O/c19-14-6-2-4-8-16(14)22-9-11-23(12-10-22)18(24)17-13-5-1-3-7-15(13)20-21-17/h1-8H,9-12H2,(H,20,21). The van der Waals surface area contributed by atoms with E-state index in [1.165, 1.54) is 6.07 Å². The Labute approximate surface area is 138 Å². The SMILES string of the molecule is O=C(c1n[nH]c2ccccc12)N1CCN(c2ccccc2F)CC1. The molecule has 0 saturated carbocycles. The van der Waals surface area contributed by atoms with E-state index in [1.54, 1.807) is 17.0 Å². The summed E-state index contributed by atoms with van der Waals surface area (Å²) in [4.78, 5) is 16.5. The molecular weight excluding hydrogens is 307 g/mol. The van der Waals surface area contributed by atoms with Gasteiger partial charge in [0.25, 0.3) is 5.91 Å². The van der Waals surface area contributed by atoms with Gasteiger partial charge in [0.1, 0.15) is 5.82 Å². The molecule has 0 aliphatic carbocycles. The lowest BCUT2D eigenvalue weighted by atomic mass is 10.2. The highest BCUT2D eigenvalue weighted by Crippen LogP contribution is 2.22. The number of H-pyrrole nitrogens is 1. The van der Waals surface area contributed by atoms with Gasteiger partial charge >= 0.3 is 0 Å². The van der Waals surface area contributed by atoms with E-state index in [0.717, 1.165) is 10.9 Å². The third kappa shape index (κ3) is 2.50. The van der Waals surface area contributed by atoms with E-state index in [0.29, 0.717) is 37.6 Å². The monoisotopic (exact) mass is 324 g/mol. The van der Waals surface area contributed by atoms with E-state index >= 15 is 0 Å². The Morgan fingerprint density at radius 3 is 2.50 bits per heavy atom. The molecule has 0 spiro atoms. The summed E-state index contributed by atoms with van der Waals surface area (Å²) in [5.41, 5.74) is 1.89. The number of hydrogen-bond acceptors (Lipinski definition) is 3. The second kappa shape index (κ2) is 5.96. The van der Waals surface area contributed by atoms with Crippen molar-refractivity contribution in [1.82, 2.24) is 15.1 Å². The number of para-hydroxylation sites is 2. The van der Waals surface area contributed by atoms with Gasteiger partial charge < -0.3 is 9.80 Å². The third-order valence-corrected chi connectivity index (χ3v) is 4.43. The van der Waals surface area contributed by atoms with Crippen molar-refractivity contribution in [1.29, 1.82) is 0 Å². The first-order valence-corrected chi connectivity index (χ1v) is 7.96. The van der Waals surface area contributed by atoms with Crippen LogP contribution in [0, 0.1) is 5.82 Å². The minimum atomic E-state index is -0.226. The number of fused-ring (bicyclic) bond motifs is 1. The summed E-state index contributed by atoms with van der Waals surface area (Å²) < 4.78 is 13.9. The van der Waals surface area contributed by atoms with E-state index in [1.807, 2.05) is 35.2 Å². The van der Waals surface area contributed by atoms with Crippen LogP contribution in [0.1, 0.15) is 10.5 Å². The molecule has 1 fully saturated rings. The minimum absolute atomic E-state index is 0.0827. The van der Waals surface area contributed by atoms with Gasteiger partial charge in [0.2, 0.25) is 0 Å². The molecule has 1 saturated heterocycles. The van der Waals surface area contributed by atoms with E-state index in [-0.39, 0.29) is 11.7 Å². The molecule has 4 rings (SSSR count). The zero-order chi connectivity index (χ0) is 16.5. The van der Waals surface area contributed by atoms with Crippen molar-refractivity contribution in [2.75, 3.05) is 31.1 Å². The van der Waals surface area contributed by atoms with E-state index in [4.69, 9.17) is 0 Å². The zero-order valence-corrected chi connectivity index (χ0v) is 13.1. The van der Waals surface area contributed by atoms with Gasteiger partial charge in [0, 0.05) is 31.6 Å². The second-order valence-corrected chi connectivity index (χ2v) is 5.85. The summed E-state index contributed by atoms with van der Waals surface area (Å²) in [5.74, 6) is -0.309. The summed E-state index contributed by atoms with van der Waals surface area (Å²) in [5, 5.41) is 7.90. The first-order chi connectivity index (χ1) is 11.7. The van der Waals surface area contributed by atoms with E-state index in [9.17, 15) is 9.18 Å². The smallest absolute Gasteiger partial charge is 0.275 e. The fourth-order valence-electron chi connectivity index (χ4n) is 3.13. The largest absolute Gasteiger partial charge is 0.366 e. The Kier molecular flexibility index (Phi) is 3.65. The van der Waals surface area contributed by atoms with Crippen molar-refractivity contribution in [3.8, 4) is 0 Å². The number of aromatic nitrogens is 2. The van der Waals surface area contributed by atoms with Crippen LogP contribution >= 0.6 is 0 Å². The summed E-state index contributed by atoms with van der Waals surface area (Å²) in [6.45, 7) is 2.31. The van der Waals surface area contributed by atoms with Crippen LogP contribution in [0.4, 0.5) is 10.1 Å². The second-order valence-electron chi connectivity index (χ2n) is 5.85. The highest BCUT2D eigenvalue weighted by atomic mass is 19.1. The Morgan fingerprint density at radius 1 is 1.00 bits per heavy atom. The topological polar surface area (TPSA) is 52.2 Å². The van der Waals surface area contributed by atoms with Crippen molar-refractivity contribution >= 4 is 22.5 Å². The number of rotatable bonds is 2. The highest BCUT2D eigenvalue weighted by Gasteiger charge is 2.26. The van der Waals surface area contributed by atoms with Crippen LogP contribution in [0.2, 0.25) is 0 Å². The number of piperazine rings is 1. The molecule has 1 N–H and O–H groups in total. The number of benzene rings is 2. The molecule has 2 heterocycles. The van der Waals surface area contributed by atoms with Gasteiger partial charge in [-0.1, -0.05) is 30.3 Å². The number of nitrogens with one attached hydrogen (secondary N) is 1. The van der Waals surface area contributed by atoms with Gasteiger partial charge in [0.15, 0.2) is 5.69 Å². The fraction of sp³-hybridized carbons (Fsp3) is 0.222. The molecule has 0 radical (unpaired) electrons. The number of nitrogens with zero attached hydrogens (tertiary/aromatic N) is 3. The molecule has 0 bridgehead atoms. The van der Waals surface area contributed by atoms with Crippen molar-refractivity contribution < 1.29 is 9.18 Å². The number of aromatic amines is 1. The third-order valence-electron chi connectivity index (χ3n) is 4.43. The summed E-state index contributed by atoms with van der Waals surface area (Å²) >= 11 is 0. The lowest BCUT2D eigenvalue weighted by Gasteiger charge is -2.36. The average Bonchev–Trinajstić information content (AvgIpc) is 3.06. The van der Waals surface area contributed by atoms with Crippen molar-refractivity contribution in [2.45, 2.75) is 0 Å². The van der Waals surface area contributed by atoms with Crippen molar-refractivity contribution in [2.24, 2.45) is 0 Å². The Hall–Kier alpha value is -2.89. The fourth-order valence-corrected chi connectivity index (χ4v) is 3.13. The molecule has 3 aromatic rings. The van der Waals surface area contributed by atoms with Gasteiger partial charge in [-0.2, -0.15) is 5.10 Å². The van der Waals surface area contributed by atoms with E-state index in [2.05, 4.69) is 10.2 Å².